The molecule has 0 bridgehead atoms. The Hall–Kier alpha value is -2.95. The highest BCUT2D eigenvalue weighted by molar-refractivity contribution is 6.22. The number of nitrogens with one attached hydrogen (secondary N) is 1. The molecule has 25 heavy (non-hydrogen) atoms. The minimum Gasteiger partial charge on any atom is -0.347 e. The van der Waals surface area contributed by atoms with Crippen LogP contribution in [-0.2, 0) is 6.54 Å². The molecule has 3 amide bonds. The Kier molecular flexibility index (Phi) is 4.17. The molecule has 3 rings (SSSR count). The smallest absolute Gasteiger partial charge is 0.261 e. The van der Waals surface area contributed by atoms with E-state index >= 15 is 0 Å². The normalized spacial score (nSPS) is 13.8. The first-order valence-electron chi connectivity index (χ1n) is 8.13. The van der Waals surface area contributed by atoms with Crippen molar-refractivity contribution >= 4 is 17.7 Å². The van der Waals surface area contributed by atoms with Gasteiger partial charge in [0.25, 0.3) is 17.7 Å². The van der Waals surface area contributed by atoms with E-state index in [1.807, 2.05) is 51.1 Å². The van der Waals surface area contributed by atoms with Gasteiger partial charge in [0.1, 0.15) is 0 Å². The van der Waals surface area contributed by atoms with Gasteiger partial charge in [-0.1, -0.05) is 30.3 Å². The topological polar surface area (TPSA) is 66.5 Å². The van der Waals surface area contributed by atoms with Crippen LogP contribution in [0.1, 0.15) is 57.4 Å². The van der Waals surface area contributed by atoms with Crippen LogP contribution in [0.15, 0.2) is 48.5 Å². The van der Waals surface area contributed by atoms with Crippen molar-refractivity contribution in [1.29, 1.82) is 0 Å². The van der Waals surface area contributed by atoms with Crippen molar-refractivity contribution in [2.45, 2.75) is 32.9 Å². The summed E-state index contributed by atoms with van der Waals surface area (Å²) >= 11 is 0. The Bertz CT molecular complexity index is 851. The van der Waals surface area contributed by atoms with E-state index < -0.39 is 0 Å². The summed E-state index contributed by atoms with van der Waals surface area (Å²) in [5, 5.41) is 2.85. The average molecular weight is 336 g/mol. The molecule has 0 atom stereocenters. The van der Waals surface area contributed by atoms with Crippen molar-refractivity contribution in [3.05, 3.63) is 70.8 Å². The molecular weight excluding hydrogens is 316 g/mol. The Morgan fingerprint density at radius 2 is 1.60 bits per heavy atom. The SMILES string of the molecule is CC(C)(C)NC(=O)c1ccc2c(c1)C(=O)N(Cc1ccccc1)C2=O. The molecule has 0 saturated heterocycles. The van der Waals surface area contributed by atoms with Crippen LogP contribution >= 0.6 is 0 Å². The minimum atomic E-state index is -0.380. The first-order valence-corrected chi connectivity index (χ1v) is 8.13. The van der Waals surface area contributed by atoms with Gasteiger partial charge < -0.3 is 5.32 Å². The van der Waals surface area contributed by atoms with E-state index in [9.17, 15) is 14.4 Å². The number of carbonyl (C=O) groups is 3. The van der Waals surface area contributed by atoms with Gasteiger partial charge in [-0.15, -0.1) is 0 Å². The summed E-state index contributed by atoms with van der Waals surface area (Å²) in [7, 11) is 0. The number of rotatable bonds is 3. The van der Waals surface area contributed by atoms with Crippen LogP contribution in [0.25, 0.3) is 0 Å². The summed E-state index contributed by atoms with van der Waals surface area (Å²) in [6.45, 7) is 5.87. The number of benzene rings is 2. The van der Waals surface area contributed by atoms with E-state index in [0.717, 1.165) is 5.56 Å². The molecule has 0 aliphatic carbocycles. The van der Waals surface area contributed by atoms with Gasteiger partial charge in [-0.05, 0) is 44.5 Å². The maximum Gasteiger partial charge on any atom is 0.261 e. The molecule has 0 saturated carbocycles. The Morgan fingerprint density at radius 3 is 2.24 bits per heavy atom. The van der Waals surface area contributed by atoms with Crippen LogP contribution in [0.3, 0.4) is 0 Å². The highest BCUT2D eigenvalue weighted by Gasteiger charge is 2.36. The Labute approximate surface area is 146 Å². The van der Waals surface area contributed by atoms with Gasteiger partial charge in [-0.25, -0.2) is 0 Å². The van der Waals surface area contributed by atoms with Crippen LogP contribution in [0.2, 0.25) is 0 Å². The highest BCUT2D eigenvalue weighted by atomic mass is 16.2. The lowest BCUT2D eigenvalue weighted by Gasteiger charge is -2.20. The molecule has 1 N–H and O–H groups in total. The van der Waals surface area contributed by atoms with Crippen molar-refractivity contribution in [2.24, 2.45) is 0 Å². The van der Waals surface area contributed by atoms with Gasteiger partial charge in [0.05, 0.1) is 17.7 Å². The van der Waals surface area contributed by atoms with E-state index in [1.54, 1.807) is 12.1 Å². The monoisotopic (exact) mass is 336 g/mol. The third-order valence-electron chi connectivity index (χ3n) is 3.90. The lowest BCUT2D eigenvalue weighted by atomic mass is 10.0. The highest BCUT2D eigenvalue weighted by Crippen LogP contribution is 2.25. The zero-order valence-corrected chi connectivity index (χ0v) is 14.5. The fourth-order valence-corrected chi connectivity index (χ4v) is 2.75. The summed E-state index contributed by atoms with van der Waals surface area (Å²) in [5.74, 6) is -0.960. The van der Waals surface area contributed by atoms with Gasteiger partial charge in [0.15, 0.2) is 0 Å². The maximum absolute atomic E-state index is 12.6. The quantitative estimate of drug-likeness (QED) is 0.876. The number of nitrogens with zero attached hydrogens (tertiary/aromatic N) is 1. The summed E-state index contributed by atoms with van der Waals surface area (Å²) in [4.78, 5) is 38.7. The van der Waals surface area contributed by atoms with Gasteiger partial charge >= 0.3 is 0 Å². The first kappa shape index (κ1) is 16.9. The lowest BCUT2D eigenvalue weighted by Crippen LogP contribution is -2.40. The summed E-state index contributed by atoms with van der Waals surface area (Å²) in [6.07, 6.45) is 0. The number of fused-ring (bicyclic) bond motifs is 1. The molecule has 2 aromatic carbocycles. The van der Waals surface area contributed by atoms with Gasteiger partial charge in [0, 0.05) is 11.1 Å². The molecule has 1 heterocycles. The first-order chi connectivity index (χ1) is 11.8. The Balaban J connectivity index is 1.87. The van der Waals surface area contributed by atoms with Gasteiger partial charge in [-0.3, -0.25) is 19.3 Å². The van der Waals surface area contributed by atoms with Crippen molar-refractivity contribution in [3.63, 3.8) is 0 Å². The predicted octanol–water partition coefficient (Wildman–Crippen LogP) is 3.01. The van der Waals surface area contributed by atoms with Crippen molar-refractivity contribution in [3.8, 4) is 0 Å². The van der Waals surface area contributed by atoms with Crippen LogP contribution in [0.4, 0.5) is 0 Å². The molecule has 0 unspecified atom stereocenters. The van der Waals surface area contributed by atoms with E-state index in [1.165, 1.54) is 11.0 Å². The molecular formula is C20H20N2O3. The maximum atomic E-state index is 12.6. The number of carbonyl (C=O) groups excluding carboxylic acids is 3. The molecule has 2 aromatic rings. The molecule has 128 valence electrons. The lowest BCUT2D eigenvalue weighted by molar-refractivity contribution is 0.0642. The summed E-state index contributed by atoms with van der Waals surface area (Å²) < 4.78 is 0. The molecule has 5 heteroatoms. The standard InChI is InChI=1S/C20H20N2O3/c1-20(2,3)21-17(23)14-9-10-15-16(11-14)19(25)22(18(15)24)12-13-7-5-4-6-8-13/h4-11H,12H2,1-3H3,(H,21,23). The molecule has 1 aliphatic heterocycles. The van der Waals surface area contributed by atoms with Gasteiger partial charge in [-0.2, -0.15) is 0 Å². The fraction of sp³-hybridized carbons (Fsp3) is 0.250. The largest absolute Gasteiger partial charge is 0.347 e. The van der Waals surface area contributed by atoms with Crippen LogP contribution in [0, 0.1) is 0 Å². The van der Waals surface area contributed by atoms with Crippen LogP contribution in [-0.4, -0.2) is 28.2 Å². The van der Waals surface area contributed by atoms with Crippen molar-refractivity contribution in [1.82, 2.24) is 10.2 Å². The number of amides is 3. The summed E-state index contributed by atoms with van der Waals surface area (Å²) in [5.41, 5.74) is 1.49. The second kappa shape index (κ2) is 6.16. The van der Waals surface area contributed by atoms with Crippen LogP contribution in [0.5, 0.6) is 0 Å². The van der Waals surface area contributed by atoms with E-state index in [2.05, 4.69) is 5.32 Å². The van der Waals surface area contributed by atoms with Crippen molar-refractivity contribution < 1.29 is 14.4 Å². The van der Waals surface area contributed by atoms with E-state index in [-0.39, 0.29) is 35.4 Å². The molecule has 5 nitrogen and oxygen atoms in total. The fourth-order valence-electron chi connectivity index (χ4n) is 2.75. The third-order valence-corrected chi connectivity index (χ3v) is 3.90. The zero-order valence-electron chi connectivity index (χ0n) is 14.5. The average Bonchev–Trinajstić information content (AvgIpc) is 2.79. The zero-order chi connectivity index (χ0) is 18.2. The molecule has 0 fully saturated rings. The molecule has 0 aromatic heterocycles. The van der Waals surface area contributed by atoms with E-state index in [0.29, 0.717) is 11.1 Å². The van der Waals surface area contributed by atoms with Gasteiger partial charge in [0.2, 0.25) is 0 Å². The Morgan fingerprint density at radius 1 is 0.960 bits per heavy atom. The molecule has 1 aliphatic rings. The number of hydrogen-bond donors (Lipinski definition) is 1. The molecule has 0 spiro atoms. The second-order valence-electron chi connectivity index (χ2n) is 7.15. The minimum absolute atomic E-state index is 0.219. The molecule has 0 radical (unpaired) electrons. The predicted molar refractivity (Wildman–Crippen MR) is 94.3 cm³/mol. The number of hydrogen-bond acceptors (Lipinski definition) is 3. The number of imide groups is 1. The van der Waals surface area contributed by atoms with E-state index in [4.69, 9.17) is 0 Å². The third kappa shape index (κ3) is 3.45. The van der Waals surface area contributed by atoms with Crippen molar-refractivity contribution in [2.75, 3.05) is 0 Å². The van der Waals surface area contributed by atoms with Crippen LogP contribution < -0.4 is 5.32 Å². The summed E-state index contributed by atoms with van der Waals surface area (Å²) in [6, 6.07) is 14.0. The second-order valence-corrected chi connectivity index (χ2v) is 7.15.